The molecule has 0 aliphatic carbocycles. The molecule has 0 aliphatic heterocycles. The Hall–Kier alpha value is -1.71. The second kappa shape index (κ2) is 7.34. The van der Waals surface area contributed by atoms with Gasteiger partial charge in [0.15, 0.2) is 6.10 Å². The molecule has 1 atom stereocenters. The first-order valence-corrected chi connectivity index (χ1v) is 7.33. The molecule has 2 rings (SSSR count). The maximum atomic E-state index is 12.2. The number of halogens is 2. The number of para-hydroxylation sites is 1. The smallest absolute Gasteiger partial charge is 0.265 e. The number of ether oxygens (including phenoxy) is 1. The number of hydrogen-bond acceptors (Lipinski definition) is 2. The van der Waals surface area contributed by atoms with Crippen molar-refractivity contribution < 1.29 is 9.53 Å². The van der Waals surface area contributed by atoms with E-state index in [-0.39, 0.29) is 5.91 Å². The van der Waals surface area contributed by atoms with E-state index in [1.807, 2.05) is 19.1 Å². The molecule has 21 heavy (non-hydrogen) atoms. The molecule has 0 radical (unpaired) electrons. The predicted molar refractivity (Wildman–Crippen MR) is 86.2 cm³/mol. The van der Waals surface area contributed by atoms with E-state index < -0.39 is 6.10 Å². The van der Waals surface area contributed by atoms with Gasteiger partial charge in [-0.3, -0.25) is 4.79 Å². The van der Waals surface area contributed by atoms with Crippen molar-refractivity contribution in [1.82, 2.24) is 0 Å². The van der Waals surface area contributed by atoms with Crippen LogP contribution in [-0.4, -0.2) is 12.0 Å². The lowest BCUT2D eigenvalue weighted by molar-refractivity contribution is -0.122. The van der Waals surface area contributed by atoms with Crippen molar-refractivity contribution >= 4 is 34.8 Å². The summed E-state index contributed by atoms with van der Waals surface area (Å²) in [5.41, 5.74) is 0.672. The van der Waals surface area contributed by atoms with Gasteiger partial charge < -0.3 is 10.1 Å². The van der Waals surface area contributed by atoms with Crippen LogP contribution in [0.15, 0.2) is 48.5 Å². The molecule has 0 saturated heterocycles. The van der Waals surface area contributed by atoms with Gasteiger partial charge in [-0.25, -0.2) is 0 Å². The molecule has 0 bridgehead atoms. The number of carbonyl (C=O) groups excluding carboxylic acids is 1. The molecule has 0 aliphatic rings. The highest BCUT2D eigenvalue weighted by atomic mass is 35.5. The van der Waals surface area contributed by atoms with Crippen LogP contribution in [0.2, 0.25) is 10.0 Å². The lowest BCUT2D eigenvalue weighted by atomic mass is 10.2. The Bertz CT molecular complexity index is 614. The van der Waals surface area contributed by atoms with Crippen molar-refractivity contribution in [2.75, 3.05) is 5.32 Å². The van der Waals surface area contributed by atoms with Crippen LogP contribution in [0.1, 0.15) is 13.3 Å². The molecule has 0 unspecified atom stereocenters. The molecule has 0 aromatic heterocycles. The monoisotopic (exact) mass is 323 g/mol. The summed E-state index contributed by atoms with van der Waals surface area (Å²) in [6, 6.07) is 14.0. The first-order chi connectivity index (χ1) is 10.1. The minimum absolute atomic E-state index is 0.222. The SMILES string of the molecule is CC[C@H](Oc1ccccc1Cl)C(=O)Nc1ccc(Cl)cc1. The maximum Gasteiger partial charge on any atom is 0.265 e. The molecule has 1 amide bonds. The fourth-order valence-corrected chi connectivity index (χ4v) is 2.08. The summed E-state index contributed by atoms with van der Waals surface area (Å²) in [6.07, 6.45) is -0.0782. The van der Waals surface area contributed by atoms with Gasteiger partial charge in [0.2, 0.25) is 0 Å². The molecule has 2 aromatic carbocycles. The second-order valence-electron chi connectivity index (χ2n) is 4.44. The van der Waals surface area contributed by atoms with Crippen LogP contribution in [0, 0.1) is 0 Å². The summed E-state index contributed by atoms with van der Waals surface area (Å²) in [5.74, 6) is 0.275. The van der Waals surface area contributed by atoms with Crippen LogP contribution in [-0.2, 0) is 4.79 Å². The summed E-state index contributed by atoms with van der Waals surface area (Å²) in [5, 5.41) is 3.89. The molecule has 0 heterocycles. The molecule has 110 valence electrons. The number of nitrogens with one attached hydrogen (secondary N) is 1. The Morgan fingerprint density at radius 3 is 2.43 bits per heavy atom. The zero-order valence-electron chi connectivity index (χ0n) is 11.5. The number of amides is 1. The first-order valence-electron chi connectivity index (χ1n) is 6.57. The van der Waals surface area contributed by atoms with Gasteiger partial charge in [0, 0.05) is 10.7 Å². The van der Waals surface area contributed by atoms with Crippen LogP contribution in [0.25, 0.3) is 0 Å². The molecule has 0 saturated carbocycles. The van der Waals surface area contributed by atoms with Gasteiger partial charge in [-0.05, 0) is 42.8 Å². The van der Waals surface area contributed by atoms with Gasteiger partial charge in [0.05, 0.1) is 5.02 Å². The van der Waals surface area contributed by atoms with Gasteiger partial charge >= 0.3 is 0 Å². The van der Waals surface area contributed by atoms with E-state index in [2.05, 4.69) is 5.32 Å². The number of hydrogen-bond donors (Lipinski definition) is 1. The van der Waals surface area contributed by atoms with Crippen molar-refractivity contribution in [2.24, 2.45) is 0 Å². The lowest BCUT2D eigenvalue weighted by Gasteiger charge is -2.18. The highest BCUT2D eigenvalue weighted by molar-refractivity contribution is 6.32. The van der Waals surface area contributed by atoms with Gasteiger partial charge in [-0.1, -0.05) is 42.3 Å². The number of rotatable bonds is 5. The fraction of sp³-hybridized carbons (Fsp3) is 0.188. The van der Waals surface area contributed by atoms with Crippen molar-refractivity contribution in [3.05, 3.63) is 58.6 Å². The summed E-state index contributed by atoms with van der Waals surface area (Å²) in [4.78, 5) is 12.2. The Kier molecular flexibility index (Phi) is 5.48. The van der Waals surface area contributed by atoms with Crippen LogP contribution in [0.5, 0.6) is 5.75 Å². The van der Waals surface area contributed by atoms with Crippen molar-refractivity contribution in [3.63, 3.8) is 0 Å². The van der Waals surface area contributed by atoms with Crippen LogP contribution in [0.4, 0.5) is 5.69 Å². The van der Waals surface area contributed by atoms with Crippen molar-refractivity contribution in [2.45, 2.75) is 19.4 Å². The molecular weight excluding hydrogens is 309 g/mol. The number of benzene rings is 2. The normalized spacial score (nSPS) is 11.8. The lowest BCUT2D eigenvalue weighted by Crippen LogP contribution is -2.32. The maximum absolute atomic E-state index is 12.2. The average Bonchev–Trinajstić information content (AvgIpc) is 2.48. The zero-order valence-corrected chi connectivity index (χ0v) is 13.0. The molecule has 0 fully saturated rings. The summed E-state index contributed by atoms with van der Waals surface area (Å²) in [6.45, 7) is 1.88. The molecule has 0 spiro atoms. The Morgan fingerprint density at radius 2 is 1.81 bits per heavy atom. The van der Waals surface area contributed by atoms with Gasteiger partial charge in [-0.15, -0.1) is 0 Å². The summed E-state index contributed by atoms with van der Waals surface area (Å²) < 4.78 is 5.68. The van der Waals surface area contributed by atoms with Crippen LogP contribution in [0.3, 0.4) is 0 Å². The standard InChI is InChI=1S/C16H15Cl2NO2/c1-2-14(21-15-6-4-3-5-13(15)18)16(20)19-12-9-7-11(17)8-10-12/h3-10,14H,2H2,1H3,(H,19,20)/t14-/m0/s1. The Morgan fingerprint density at radius 1 is 1.14 bits per heavy atom. The second-order valence-corrected chi connectivity index (χ2v) is 5.28. The highest BCUT2D eigenvalue weighted by Crippen LogP contribution is 2.25. The Labute approximate surface area is 133 Å². The third-order valence-corrected chi connectivity index (χ3v) is 3.45. The van der Waals surface area contributed by atoms with Gasteiger partial charge in [-0.2, -0.15) is 0 Å². The zero-order chi connectivity index (χ0) is 15.2. The predicted octanol–water partition coefficient (Wildman–Crippen LogP) is 4.79. The number of anilines is 1. The van der Waals surface area contributed by atoms with Crippen LogP contribution < -0.4 is 10.1 Å². The van der Waals surface area contributed by atoms with Gasteiger partial charge in [0.25, 0.3) is 5.91 Å². The minimum atomic E-state index is -0.611. The van der Waals surface area contributed by atoms with Crippen LogP contribution >= 0.6 is 23.2 Å². The van der Waals surface area contributed by atoms with E-state index in [1.165, 1.54) is 0 Å². The molecular formula is C16H15Cl2NO2. The van der Waals surface area contributed by atoms with E-state index in [1.54, 1.807) is 36.4 Å². The highest BCUT2D eigenvalue weighted by Gasteiger charge is 2.19. The molecule has 3 nitrogen and oxygen atoms in total. The van der Waals surface area contributed by atoms with E-state index in [0.29, 0.717) is 27.9 Å². The average molecular weight is 324 g/mol. The third-order valence-electron chi connectivity index (χ3n) is 2.88. The quantitative estimate of drug-likeness (QED) is 0.859. The minimum Gasteiger partial charge on any atom is -0.479 e. The largest absolute Gasteiger partial charge is 0.479 e. The fourth-order valence-electron chi connectivity index (χ4n) is 1.77. The van der Waals surface area contributed by atoms with E-state index in [4.69, 9.17) is 27.9 Å². The molecule has 5 heteroatoms. The topological polar surface area (TPSA) is 38.3 Å². The number of carbonyl (C=O) groups is 1. The van der Waals surface area contributed by atoms with Crippen molar-refractivity contribution in [3.8, 4) is 5.75 Å². The van der Waals surface area contributed by atoms with Crippen molar-refractivity contribution in [1.29, 1.82) is 0 Å². The summed E-state index contributed by atoms with van der Waals surface area (Å²) in [7, 11) is 0. The molecule has 1 N–H and O–H groups in total. The Balaban J connectivity index is 2.05. The van der Waals surface area contributed by atoms with E-state index in [9.17, 15) is 4.79 Å². The molecule has 2 aromatic rings. The summed E-state index contributed by atoms with van der Waals surface area (Å²) >= 11 is 11.8. The van der Waals surface area contributed by atoms with E-state index in [0.717, 1.165) is 0 Å². The first kappa shape index (κ1) is 15.7. The van der Waals surface area contributed by atoms with Gasteiger partial charge in [0.1, 0.15) is 5.75 Å². The third kappa shape index (κ3) is 4.38. The van der Waals surface area contributed by atoms with E-state index >= 15 is 0 Å².